The van der Waals surface area contributed by atoms with E-state index in [1.165, 1.54) is 0 Å². The molecule has 1 aromatic rings. The van der Waals surface area contributed by atoms with Crippen molar-refractivity contribution in [1.29, 1.82) is 0 Å². The topological polar surface area (TPSA) is 54.4 Å². The molecule has 0 saturated heterocycles. The zero-order chi connectivity index (χ0) is 11.6. The van der Waals surface area contributed by atoms with Gasteiger partial charge in [-0.05, 0) is 42.5 Å². The van der Waals surface area contributed by atoms with Crippen molar-refractivity contribution in [3.8, 4) is 0 Å². The van der Waals surface area contributed by atoms with E-state index in [4.69, 9.17) is 4.55 Å². The van der Waals surface area contributed by atoms with Crippen molar-refractivity contribution in [2.24, 2.45) is 0 Å². The summed E-state index contributed by atoms with van der Waals surface area (Å²) < 4.78 is 31.3. The monoisotopic (exact) mass is 228 g/mol. The number of aryl methyl sites for hydroxylation is 3. The lowest BCUT2D eigenvalue weighted by Crippen LogP contribution is -2.05. The molecule has 0 fully saturated rings. The first-order valence-electron chi connectivity index (χ1n) is 5.00. The summed E-state index contributed by atoms with van der Waals surface area (Å²) in [4.78, 5) is 0.0414. The highest BCUT2D eigenvalue weighted by Gasteiger charge is 2.15. The van der Waals surface area contributed by atoms with Crippen molar-refractivity contribution in [3.05, 3.63) is 28.8 Å². The van der Waals surface area contributed by atoms with Crippen molar-refractivity contribution in [2.45, 2.75) is 38.5 Å². The molecule has 0 aliphatic rings. The molecular weight excluding hydrogens is 212 g/mol. The van der Waals surface area contributed by atoms with E-state index in [0.29, 0.717) is 12.0 Å². The van der Waals surface area contributed by atoms with E-state index in [-0.39, 0.29) is 4.90 Å². The second-order valence-electron chi connectivity index (χ2n) is 3.57. The summed E-state index contributed by atoms with van der Waals surface area (Å²) in [6, 6.07) is 3.41. The second kappa shape index (κ2) is 4.33. The lowest BCUT2D eigenvalue weighted by Gasteiger charge is -2.10. The summed E-state index contributed by atoms with van der Waals surface area (Å²) in [5.41, 5.74) is 2.71. The van der Waals surface area contributed by atoms with Gasteiger partial charge in [-0.15, -0.1) is 0 Å². The smallest absolute Gasteiger partial charge is 0.282 e. The van der Waals surface area contributed by atoms with Gasteiger partial charge >= 0.3 is 0 Å². The molecule has 0 spiro atoms. The maximum Gasteiger partial charge on any atom is 0.294 e. The largest absolute Gasteiger partial charge is 0.294 e. The lowest BCUT2D eigenvalue weighted by atomic mass is 10.0. The van der Waals surface area contributed by atoms with E-state index in [0.717, 1.165) is 17.5 Å². The Morgan fingerprint density at radius 2 is 1.67 bits per heavy atom. The van der Waals surface area contributed by atoms with Crippen LogP contribution in [0, 0.1) is 6.92 Å². The minimum absolute atomic E-state index is 0.0414. The van der Waals surface area contributed by atoms with Gasteiger partial charge in [0, 0.05) is 0 Å². The van der Waals surface area contributed by atoms with E-state index in [9.17, 15) is 8.42 Å². The summed E-state index contributed by atoms with van der Waals surface area (Å²) in [6.07, 6.45) is 1.47. The molecule has 0 atom stereocenters. The summed E-state index contributed by atoms with van der Waals surface area (Å²) in [5.74, 6) is 0. The van der Waals surface area contributed by atoms with Crippen LogP contribution >= 0.6 is 0 Å². The third kappa shape index (κ3) is 2.58. The standard InChI is InChI=1S/C11H16O3S/c1-4-9-7-10(5-2)11(6-8(9)3)15(12,13)14/h6-7H,4-5H2,1-3H3,(H,12,13,14). The SMILES string of the molecule is CCc1cc(CC)c(S(=O)(=O)O)cc1C. The van der Waals surface area contributed by atoms with Gasteiger partial charge in [0.1, 0.15) is 0 Å². The first-order valence-corrected chi connectivity index (χ1v) is 6.44. The molecule has 0 radical (unpaired) electrons. The molecular formula is C11H16O3S. The molecule has 0 unspecified atom stereocenters. The Kier molecular flexibility index (Phi) is 3.52. The summed E-state index contributed by atoms with van der Waals surface area (Å²) in [5, 5.41) is 0. The van der Waals surface area contributed by atoms with Crippen LogP contribution in [0.3, 0.4) is 0 Å². The van der Waals surface area contributed by atoms with Gasteiger partial charge in [-0.1, -0.05) is 19.9 Å². The van der Waals surface area contributed by atoms with E-state index in [2.05, 4.69) is 0 Å². The van der Waals surface area contributed by atoms with Gasteiger partial charge in [0.05, 0.1) is 4.90 Å². The van der Waals surface area contributed by atoms with E-state index in [1.54, 1.807) is 6.07 Å². The lowest BCUT2D eigenvalue weighted by molar-refractivity contribution is 0.482. The van der Waals surface area contributed by atoms with Crippen LogP contribution < -0.4 is 0 Å². The molecule has 0 saturated carbocycles. The molecule has 84 valence electrons. The van der Waals surface area contributed by atoms with Gasteiger partial charge in [0.25, 0.3) is 10.1 Å². The van der Waals surface area contributed by atoms with E-state index < -0.39 is 10.1 Å². The Morgan fingerprint density at radius 1 is 1.13 bits per heavy atom. The minimum Gasteiger partial charge on any atom is -0.282 e. The Balaban J connectivity index is 3.48. The molecule has 1 aromatic carbocycles. The van der Waals surface area contributed by atoms with Crippen molar-refractivity contribution in [1.82, 2.24) is 0 Å². The fraction of sp³-hybridized carbons (Fsp3) is 0.455. The molecule has 0 amide bonds. The van der Waals surface area contributed by atoms with Crippen LogP contribution in [0.15, 0.2) is 17.0 Å². The molecule has 1 rings (SSSR count). The zero-order valence-electron chi connectivity index (χ0n) is 9.24. The molecule has 1 N–H and O–H groups in total. The Bertz CT molecular complexity index is 461. The number of hydrogen-bond donors (Lipinski definition) is 1. The Morgan fingerprint density at radius 3 is 2.07 bits per heavy atom. The van der Waals surface area contributed by atoms with Gasteiger partial charge in [0.2, 0.25) is 0 Å². The average molecular weight is 228 g/mol. The van der Waals surface area contributed by atoms with Crippen LogP contribution in [0.25, 0.3) is 0 Å². The van der Waals surface area contributed by atoms with Gasteiger partial charge in [0.15, 0.2) is 0 Å². The second-order valence-corrected chi connectivity index (χ2v) is 4.96. The van der Waals surface area contributed by atoms with Crippen molar-refractivity contribution < 1.29 is 13.0 Å². The van der Waals surface area contributed by atoms with Gasteiger partial charge < -0.3 is 0 Å². The van der Waals surface area contributed by atoms with Crippen LogP contribution in [0.5, 0.6) is 0 Å². The number of hydrogen-bond acceptors (Lipinski definition) is 2. The van der Waals surface area contributed by atoms with Crippen LogP contribution in [-0.4, -0.2) is 13.0 Å². The summed E-state index contributed by atoms with van der Waals surface area (Å²) in [7, 11) is -4.09. The van der Waals surface area contributed by atoms with Crippen LogP contribution in [0.2, 0.25) is 0 Å². The molecule has 0 bridgehead atoms. The zero-order valence-corrected chi connectivity index (χ0v) is 10.1. The first kappa shape index (κ1) is 12.2. The summed E-state index contributed by atoms with van der Waals surface area (Å²) >= 11 is 0. The Labute approximate surface area is 90.9 Å². The van der Waals surface area contributed by atoms with Crippen molar-refractivity contribution >= 4 is 10.1 Å². The van der Waals surface area contributed by atoms with Gasteiger partial charge in [-0.3, -0.25) is 4.55 Å². The van der Waals surface area contributed by atoms with Crippen molar-refractivity contribution in [3.63, 3.8) is 0 Å². The molecule has 15 heavy (non-hydrogen) atoms. The van der Waals surface area contributed by atoms with Crippen molar-refractivity contribution in [2.75, 3.05) is 0 Å². The predicted octanol–water partition coefficient (Wildman–Crippen LogP) is 2.37. The Hall–Kier alpha value is -0.870. The third-order valence-electron chi connectivity index (χ3n) is 2.56. The van der Waals surface area contributed by atoms with E-state index in [1.807, 2.05) is 26.8 Å². The fourth-order valence-corrected chi connectivity index (χ4v) is 2.53. The van der Waals surface area contributed by atoms with Crippen LogP contribution in [0.4, 0.5) is 0 Å². The molecule has 0 aromatic heterocycles. The molecule has 0 aliphatic heterocycles. The highest BCUT2D eigenvalue weighted by molar-refractivity contribution is 7.85. The maximum atomic E-state index is 11.1. The fourth-order valence-electron chi connectivity index (χ4n) is 1.67. The first-order chi connectivity index (χ1) is 6.90. The van der Waals surface area contributed by atoms with Crippen LogP contribution in [0.1, 0.15) is 30.5 Å². The van der Waals surface area contributed by atoms with Gasteiger partial charge in [-0.2, -0.15) is 8.42 Å². The molecule has 3 nitrogen and oxygen atoms in total. The number of rotatable bonds is 3. The minimum atomic E-state index is -4.09. The normalized spacial score (nSPS) is 11.7. The highest BCUT2D eigenvalue weighted by atomic mass is 32.2. The maximum absolute atomic E-state index is 11.1. The molecule has 0 aliphatic carbocycles. The van der Waals surface area contributed by atoms with E-state index >= 15 is 0 Å². The van der Waals surface area contributed by atoms with Gasteiger partial charge in [-0.25, -0.2) is 0 Å². The molecule has 0 heterocycles. The summed E-state index contributed by atoms with van der Waals surface area (Å²) in [6.45, 7) is 5.75. The third-order valence-corrected chi connectivity index (χ3v) is 3.49. The molecule has 4 heteroatoms. The predicted molar refractivity (Wildman–Crippen MR) is 59.7 cm³/mol. The number of benzene rings is 1. The highest BCUT2D eigenvalue weighted by Crippen LogP contribution is 2.21. The average Bonchev–Trinajstić information content (AvgIpc) is 2.16. The van der Waals surface area contributed by atoms with Crippen LogP contribution in [-0.2, 0) is 23.0 Å². The quantitative estimate of drug-likeness (QED) is 0.808.